The molecule has 0 saturated heterocycles. The molecule has 6 nitrogen and oxygen atoms in total. The van der Waals surface area contributed by atoms with E-state index in [1.54, 1.807) is 25.3 Å². The molecule has 2 aliphatic carbocycles. The van der Waals surface area contributed by atoms with Gasteiger partial charge in [-0.1, -0.05) is 38.5 Å². The average molecular weight is 412 g/mol. The third-order valence-corrected chi connectivity index (χ3v) is 7.77. The van der Waals surface area contributed by atoms with E-state index in [9.17, 15) is 9.67 Å². The molecule has 0 aromatic heterocycles. The van der Waals surface area contributed by atoms with E-state index in [-0.39, 0.29) is 12.2 Å². The molecule has 1 aromatic rings. The van der Waals surface area contributed by atoms with Crippen LogP contribution in [0.5, 0.6) is 11.5 Å². The van der Waals surface area contributed by atoms with E-state index in [4.69, 9.17) is 18.5 Å². The number of aliphatic hydroxyl groups excluding tert-OH is 1. The molecule has 2 aliphatic rings. The summed E-state index contributed by atoms with van der Waals surface area (Å²) in [4.78, 5) is 0. The van der Waals surface area contributed by atoms with Gasteiger partial charge < -0.3 is 23.6 Å². The first kappa shape index (κ1) is 21.6. The fraction of sp³-hybridized carbons (Fsp3) is 0.714. The van der Waals surface area contributed by atoms with Gasteiger partial charge in [-0.05, 0) is 43.9 Å². The summed E-state index contributed by atoms with van der Waals surface area (Å²) in [5.41, 5.74) is 0.372. The van der Waals surface area contributed by atoms with Gasteiger partial charge in [-0.3, -0.25) is 4.57 Å². The van der Waals surface area contributed by atoms with Crippen LogP contribution in [0.1, 0.15) is 75.6 Å². The van der Waals surface area contributed by atoms with Crippen LogP contribution in [-0.2, 0) is 13.6 Å². The van der Waals surface area contributed by atoms with Gasteiger partial charge in [0, 0.05) is 5.56 Å². The standard InChI is InChI=1S/C21H33O6P/c1-24-18-13-14-20(25-2)19(15-18)21(22)28(23,26-16-9-5-3-6-10-16)27-17-11-7-4-8-12-17/h13-17,21-22H,3-12H2,1-2H3/t21-/m1/s1. The first-order valence-corrected chi connectivity index (χ1v) is 12.0. The summed E-state index contributed by atoms with van der Waals surface area (Å²) >= 11 is 0. The molecule has 0 aliphatic heterocycles. The van der Waals surface area contributed by atoms with Crippen LogP contribution in [0.25, 0.3) is 0 Å². The van der Waals surface area contributed by atoms with Gasteiger partial charge in [0.15, 0.2) is 5.85 Å². The van der Waals surface area contributed by atoms with E-state index < -0.39 is 13.4 Å². The number of methoxy groups -OCH3 is 2. The molecular weight excluding hydrogens is 379 g/mol. The molecule has 0 spiro atoms. The summed E-state index contributed by atoms with van der Waals surface area (Å²) in [7, 11) is -0.749. The summed E-state index contributed by atoms with van der Waals surface area (Å²) in [5.74, 6) is -0.425. The van der Waals surface area contributed by atoms with Gasteiger partial charge >= 0.3 is 7.60 Å². The molecule has 1 atom stereocenters. The highest BCUT2D eigenvalue weighted by Gasteiger charge is 2.42. The van der Waals surface area contributed by atoms with Gasteiger partial charge in [0.2, 0.25) is 0 Å². The van der Waals surface area contributed by atoms with Gasteiger partial charge in [0.1, 0.15) is 11.5 Å². The van der Waals surface area contributed by atoms with Crippen molar-refractivity contribution in [1.82, 2.24) is 0 Å². The van der Waals surface area contributed by atoms with Crippen molar-refractivity contribution in [1.29, 1.82) is 0 Å². The highest BCUT2D eigenvalue weighted by Crippen LogP contribution is 2.64. The first-order valence-electron chi connectivity index (χ1n) is 10.4. The van der Waals surface area contributed by atoms with Gasteiger partial charge in [0.05, 0.1) is 26.4 Å². The van der Waals surface area contributed by atoms with E-state index in [0.29, 0.717) is 17.1 Å². The summed E-state index contributed by atoms with van der Waals surface area (Å²) in [6.07, 6.45) is 9.63. The number of ether oxygens (including phenoxy) is 2. The van der Waals surface area contributed by atoms with Crippen LogP contribution in [-0.4, -0.2) is 31.5 Å². The molecule has 3 rings (SSSR count). The van der Waals surface area contributed by atoms with Crippen LogP contribution in [0.4, 0.5) is 0 Å². The number of hydrogen-bond donors (Lipinski definition) is 1. The van der Waals surface area contributed by atoms with E-state index >= 15 is 0 Å². The zero-order valence-electron chi connectivity index (χ0n) is 17.0. The van der Waals surface area contributed by atoms with Crippen molar-refractivity contribution in [3.05, 3.63) is 23.8 Å². The number of hydrogen-bond acceptors (Lipinski definition) is 6. The normalized spacial score (nSPS) is 20.7. The van der Waals surface area contributed by atoms with E-state index in [2.05, 4.69) is 0 Å². The molecule has 2 fully saturated rings. The SMILES string of the molecule is COc1ccc(OC)c([C@H](O)P(=O)(OC2CCCCC2)OC2CCCCC2)c1. The lowest BCUT2D eigenvalue weighted by Gasteiger charge is -2.33. The van der Waals surface area contributed by atoms with Crippen LogP contribution in [0.15, 0.2) is 18.2 Å². The van der Waals surface area contributed by atoms with Gasteiger partial charge in [-0.25, -0.2) is 0 Å². The lowest BCUT2D eigenvalue weighted by molar-refractivity contribution is 0.0540. The molecular formula is C21H33O6P. The molecule has 0 unspecified atom stereocenters. The molecule has 0 radical (unpaired) electrons. The van der Waals surface area contributed by atoms with Crippen molar-refractivity contribution in [3.63, 3.8) is 0 Å². The van der Waals surface area contributed by atoms with Gasteiger partial charge in [0.25, 0.3) is 0 Å². The van der Waals surface area contributed by atoms with E-state index in [0.717, 1.165) is 51.4 Å². The molecule has 1 aromatic carbocycles. The molecule has 2 saturated carbocycles. The second kappa shape index (κ2) is 10.1. The predicted molar refractivity (Wildman–Crippen MR) is 108 cm³/mol. The molecule has 0 heterocycles. The van der Waals surface area contributed by atoms with Crippen molar-refractivity contribution in [2.75, 3.05) is 14.2 Å². The quantitative estimate of drug-likeness (QED) is 0.561. The highest BCUT2D eigenvalue weighted by molar-refractivity contribution is 7.54. The largest absolute Gasteiger partial charge is 0.497 e. The van der Waals surface area contributed by atoms with Crippen LogP contribution in [0.2, 0.25) is 0 Å². The Kier molecular flexibility index (Phi) is 7.81. The summed E-state index contributed by atoms with van der Waals surface area (Å²) in [6.45, 7) is 0. The number of benzene rings is 1. The Morgan fingerprint density at radius 3 is 1.89 bits per heavy atom. The van der Waals surface area contributed by atoms with E-state index in [1.807, 2.05) is 0 Å². The van der Waals surface area contributed by atoms with Gasteiger partial charge in [-0.2, -0.15) is 0 Å². The van der Waals surface area contributed by atoms with Crippen LogP contribution < -0.4 is 9.47 Å². The van der Waals surface area contributed by atoms with Crippen LogP contribution in [0.3, 0.4) is 0 Å². The van der Waals surface area contributed by atoms with Crippen molar-refractivity contribution in [2.24, 2.45) is 0 Å². The lowest BCUT2D eigenvalue weighted by atomic mass is 9.98. The average Bonchev–Trinajstić information content (AvgIpc) is 2.74. The molecule has 158 valence electrons. The molecule has 0 amide bonds. The molecule has 1 N–H and O–H groups in total. The van der Waals surface area contributed by atoms with Crippen LogP contribution >= 0.6 is 7.60 Å². The Morgan fingerprint density at radius 2 is 1.43 bits per heavy atom. The third-order valence-electron chi connectivity index (χ3n) is 5.71. The predicted octanol–water partition coefficient (Wildman–Crippen LogP) is 5.59. The molecule has 0 bridgehead atoms. The monoisotopic (exact) mass is 412 g/mol. The van der Waals surface area contributed by atoms with Crippen molar-refractivity contribution in [2.45, 2.75) is 82.3 Å². The number of aliphatic hydroxyl groups is 1. The molecule has 7 heteroatoms. The Hall–Kier alpha value is -1.07. The third kappa shape index (κ3) is 5.29. The Balaban J connectivity index is 1.88. The first-order chi connectivity index (χ1) is 13.6. The van der Waals surface area contributed by atoms with Crippen LogP contribution in [0, 0.1) is 0 Å². The number of rotatable bonds is 8. The second-order valence-corrected chi connectivity index (χ2v) is 9.74. The topological polar surface area (TPSA) is 74.2 Å². The maximum atomic E-state index is 13.9. The fourth-order valence-corrected chi connectivity index (χ4v) is 6.18. The minimum Gasteiger partial charge on any atom is -0.497 e. The molecule has 28 heavy (non-hydrogen) atoms. The van der Waals surface area contributed by atoms with Crippen molar-refractivity contribution >= 4 is 7.60 Å². The van der Waals surface area contributed by atoms with Crippen molar-refractivity contribution in [3.8, 4) is 11.5 Å². The summed E-state index contributed by atoms with van der Waals surface area (Å²) in [5, 5.41) is 11.2. The minimum absolute atomic E-state index is 0.144. The Bertz CT molecular complexity index is 643. The maximum Gasteiger partial charge on any atom is 0.364 e. The summed E-state index contributed by atoms with van der Waals surface area (Å²) < 4.78 is 36.7. The fourth-order valence-electron chi connectivity index (χ4n) is 4.11. The minimum atomic E-state index is -3.82. The Morgan fingerprint density at radius 1 is 0.893 bits per heavy atom. The second-order valence-electron chi connectivity index (χ2n) is 7.75. The zero-order chi connectivity index (χ0) is 20.0. The van der Waals surface area contributed by atoms with Crippen molar-refractivity contribution < 1.29 is 28.2 Å². The zero-order valence-corrected chi connectivity index (χ0v) is 17.9. The maximum absolute atomic E-state index is 13.9. The van der Waals surface area contributed by atoms with Gasteiger partial charge in [-0.15, -0.1) is 0 Å². The smallest absolute Gasteiger partial charge is 0.364 e. The summed E-state index contributed by atoms with van der Waals surface area (Å²) in [6, 6.07) is 5.08. The Labute approximate surface area is 168 Å². The lowest BCUT2D eigenvalue weighted by Crippen LogP contribution is -2.22. The highest BCUT2D eigenvalue weighted by atomic mass is 31.2. The van der Waals surface area contributed by atoms with E-state index in [1.165, 1.54) is 20.0 Å².